The number of hydrogen-bond donors (Lipinski definition) is 0. The van der Waals surface area contributed by atoms with Gasteiger partial charge in [0.1, 0.15) is 0 Å². The van der Waals surface area contributed by atoms with Crippen LogP contribution in [0.3, 0.4) is 0 Å². The largest absolute Gasteiger partial charge is 0.376 e. The van der Waals surface area contributed by atoms with Crippen molar-refractivity contribution < 1.29 is 0 Å². The Bertz CT molecular complexity index is 2490. The van der Waals surface area contributed by atoms with Gasteiger partial charge in [0, 0.05) is 39.6 Å². The molecule has 0 fully saturated rings. The number of hydrogen-bond acceptors (Lipinski definition) is 2. The van der Waals surface area contributed by atoms with Crippen LogP contribution in [0.15, 0.2) is 200 Å². The van der Waals surface area contributed by atoms with Crippen LogP contribution in [-0.2, 0) is 0 Å². The van der Waals surface area contributed by atoms with Crippen LogP contribution in [0.2, 0.25) is 0 Å². The van der Waals surface area contributed by atoms with E-state index in [2.05, 4.69) is 210 Å². The molecular formula is C48H33BN2. The molecule has 51 heavy (non-hydrogen) atoms. The van der Waals surface area contributed by atoms with Crippen molar-refractivity contribution in [1.29, 1.82) is 0 Å². The average molecular weight is 649 g/mol. The second-order valence-corrected chi connectivity index (χ2v) is 13.3. The lowest BCUT2D eigenvalue weighted by Gasteiger charge is -2.43. The molecule has 238 valence electrons. The molecule has 0 radical (unpaired) electrons. The van der Waals surface area contributed by atoms with Crippen LogP contribution in [0.25, 0.3) is 44.5 Å². The Hall–Kier alpha value is -6.58. The van der Waals surface area contributed by atoms with Gasteiger partial charge in [-0.2, -0.15) is 0 Å². The molecule has 0 spiro atoms. The minimum atomic E-state index is 0.0899. The fraction of sp³-hybridized carbons (Fsp3) is 0. The van der Waals surface area contributed by atoms with Crippen LogP contribution in [0.1, 0.15) is 0 Å². The number of anilines is 5. The smallest absolute Gasteiger partial charge is 0.329 e. The molecule has 0 saturated heterocycles. The normalized spacial score (nSPS) is 12.2. The maximum atomic E-state index is 2.58. The van der Waals surface area contributed by atoms with Crippen LogP contribution in [0.5, 0.6) is 0 Å². The van der Waals surface area contributed by atoms with E-state index in [1.165, 1.54) is 66.8 Å². The Labute approximate surface area is 299 Å². The van der Waals surface area contributed by atoms with E-state index < -0.39 is 0 Å². The van der Waals surface area contributed by atoms with Gasteiger partial charge in [0.2, 0.25) is 0 Å². The topological polar surface area (TPSA) is 6.48 Å². The molecule has 2 nitrogen and oxygen atoms in total. The van der Waals surface area contributed by atoms with Crippen molar-refractivity contribution in [3.8, 4) is 44.5 Å². The van der Waals surface area contributed by atoms with Crippen molar-refractivity contribution in [2.24, 2.45) is 0 Å². The fourth-order valence-corrected chi connectivity index (χ4v) is 8.13. The predicted molar refractivity (Wildman–Crippen MR) is 216 cm³/mol. The lowest BCUT2D eigenvalue weighted by atomic mass is 9.43. The van der Waals surface area contributed by atoms with Gasteiger partial charge < -0.3 is 9.71 Å². The number of fused-ring (bicyclic) bond motifs is 11. The zero-order valence-electron chi connectivity index (χ0n) is 28.0. The summed E-state index contributed by atoms with van der Waals surface area (Å²) >= 11 is 0. The van der Waals surface area contributed by atoms with E-state index >= 15 is 0 Å². The van der Waals surface area contributed by atoms with Gasteiger partial charge in [-0.3, -0.25) is 0 Å². The summed E-state index contributed by atoms with van der Waals surface area (Å²) < 4.78 is 0. The molecule has 0 aliphatic carbocycles. The molecule has 8 aromatic carbocycles. The van der Waals surface area contributed by atoms with E-state index in [0.717, 1.165) is 17.1 Å². The molecule has 0 N–H and O–H groups in total. The zero-order valence-corrected chi connectivity index (χ0v) is 28.0. The van der Waals surface area contributed by atoms with Crippen molar-refractivity contribution in [2.45, 2.75) is 0 Å². The van der Waals surface area contributed by atoms with E-state index in [1.54, 1.807) is 0 Å². The van der Waals surface area contributed by atoms with Crippen LogP contribution >= 0.6 is 0 Å². The molecule has 0 unspecified atom stereocenters. The number of para-hydroxylation sites is 2. The third-order valence-corrected chi connectivity index (χ3v) is 10.5. The van der Waals surface area contributed by atoms with E-state index in [0.29, 0.717) is 0 Å². The Morgan fingerprint density at radius 2 is 0.706 bits per heavy atom. The van der Waals surface area contributed by atoms with E-state index in [1.807, 2.05) is 0 Å². The first-order valence-corrected chi connectivity index (χ1v) is 17.6. The van der Waals surface area contributed by atoms with Gasteiger partial charge in [-0.25, -0.2) is 0 Å². The minimum absolute atomic E-state index is 0.0899. The molecule has 0 amide bonds. The van der Waals surface area contributed by atoms with E-state index in [4.69, 9.17) is 0 Å². The fourth-order valence-electron chi connectivity index (χ4n) is 8.13. The molecule has 10 rings (SSSR count). The van der Waals surface area contributed by atoms with Gasteiger partial charge in [0.25, 0.3) is 0 Å². The molecule has 0 bridgehead atoms. The van der Waals surface area contributed by atoms with Crippen molar-refractivity contribution >= 4 is 46.2 Å². The average Bonchev–Trinajstić information content (AvgIpc) is 3.22. The number of rotatable bonds is 5. The monoisotopic (exact) mass is 648 g/mol. The maximum Gasteiger partial charge on any atom is 0.329 e. The predicted octanol–water partition coefficient (Wildman–Crippen LogP) is 11.4. The van der Waals surface area contributed by atoms with E-state index in [-0.39, 0.29) is 6.85 Å². The Morgan fingerprint density at radius 3 is 1.22 bits per heavy atom. The van der Waals surface area contributed by atoms with Gasteiger partial charge in [0.05, 0.1) is 0 Å². The molecule has 0 saturated carbocycles. The number of benzene rings is 8. The van der Waals surface area contributed by atoms with Crippen LogP contribution in [-0.4, -0.2) is 6.85 Å². The summed E-state index contributed by atoms with van der Waals surface area (Å²) in [6.07, 6.45) is 0. The SMILES string of the molecule is c1ccc(-c2ccc3c(c2)-c2ccccc2B2c4ccccc4-c4cc(-c5ccc(N(c6ccccc6)c6ccccc6)cc5)ccc4N23)cc1. The lowest BCUT2D eigenvalue weighted by Crippen LogP contribution is -2.59. The quantitative estimate of drug-likeness (QED) is 0.171. The first-order chi connectivity index (χ1) is 25.3. The zero-order chi connectivity index (χ0) is 33.7. The Balaban J connectivity index is 1.09. The molecule has 2 aliphatic heterocycles. The van der Waals surface area contributed by atoms with Crippen molar-refractivity contribution in [1.82, 2.24) is 0 Å². The second-order valence-electron chi connectivity index (χ2n) is 13.3. The highest BCUT2D eigenvalue weighted by molar-refractivity contribution is 6.92. The van der Waals surface area contributed by atoms with Gasteiger partial charge >= 0.3 is 6.85 Å². The molecule has 8 aromatic rings. The molecule has 0 aromatic heterocycles. The van der Waals surface area contributed by atoms with Gasteiger partial charge in [-0.1, -0.05) is 140 Å². The van der Waals surface area contributed by atoms with Gasteiger partial charge in [-0.05, 0) is 105 Å². The summed E-state index contributed by atoms with van der Waals surface area (Å²) in [5, 5.41) is 0. The molecule has 2 heterocycles. The van der Waals surface area contributed by atoms with Crippen molar-refractivity contribution in [3.63, 3.8) is 0 Å². The summed E-state index contributed by atoms with van der Waals surface area (Å²) in [5.74, 6) is 0. The number of nitrogens with zero attached hydrogens (tertiary/aromatic N) is 2. The summed E-state index contributed by atoms with van der Waals surface area (Å²) in [6.45, 7) is 0.0899. The molecule has 0 atom stereocenters. The summed E-state index contributed by atoms with van der Waals surface area (Å²) in [7, 11) is 0. The molecular weight excluding hydrogens is 615 g/mol. The maximum absolute atomic E-state index is 2.58. The van der Waals surface area contributed by atoms with Crippen LogP contribution in [0, 0.1) is 0 Å². The first kappa shape index (κ1) is 29.4. The standard InChI is InChI=1S/C48H33BN2/c1-4-14-34(15-5-1)36-26-30-47-43(32-36)41-20-10-12-22-45(41)49-46-23-13-11-21-42(46)44-33-37(27-31-48(44)51(47)49)35-24-28-40(29-25-35)50(38-16-6-2-7-17-38)39-18-8-3-9-19-39/h1-33H. The lowest BCUT2D eigenvalue weighted by molar-refractivity contribution is 1.28. The summed E-state index contributed by atoms with van der Waals surface area (Å²) in [5.41, 5.74) is 18.6. The first-order valence-electron chi connectivity index (χ1n) is 17.6. The van der Waals surface area contributed by atoms with Gasteiger partial charge in [0.15, 0.2) is 0 Å². The Morgan fingerprint density at radius 1 is 0.314 bits per heavy atom. The van der Waals surface area contributed by atoms with E-state index in [9.17, 15) is 0 Å². The summed E-state index contributed by atoms with van der Waals surface area (Å²) in [4.78, 5) is 4.89. The van der Waals surface area contributed by atoms with Crippen molar-refractivity contribution in [3.05, 3.63) is 200 Å². The molecule has 2 aliphatic rings. The second kappa shape index (κ2) is 12.1. The highest BCUT2D eigenvalue weighted by atomic mass is 15.1. The molecule has 3 heteroatoms. The third-order valence-electron chi connectivity index (χ3n) is 10.5. The summed E-state index contributed by atoms with van der Waals surface area (Å²) in [6, 6.07) is 72.8. The third kappa shape index (κ3) is 4.89. The van der Waals surface area contributed by atoms with Crippen LogP contribution in [0.4, 0.5) is 28.4 Å². The van der Waals surface area contributed by atoms with Crippen molar-refractivity contribution in [2.75, 3.05) is 9.71 Å². The van der Waals surface area contributed by atoms with Crippen LogP contribution < -0.4 is 20.6 Å². The highest BCUT2D eigenvalue weighted by Crippen LogP contribution is 2.48. The van der Waals surface area contributed by atoms with Gasteiger partial charge in [-0.15, -0.1) is 0 Å². The highest BCUT2D eigenvalue weighted by Gasteiger charge is 2.42. The Kier molecular flexibility index (Phi) is 6.95. The minimum Gasteiger partial charge on any atom is -0.376 e.